The van der Waals surface area contributed by atoms with Crippen molar-refractivity contribution in [1.82, 2.24) is 15.5 Å². The molecule has 2 N–H and O–H groups in total. The standard InChI is InChI=1S/C26H42N2O2Si.C8H8O.C7H13N2O/c1-21(2)31(22(3)4,29-25(17-19-27-5)23-13-9-7-10-14-23)30-26(18-20-28-6)24-15-11-8-12-16-24;1-7-2-4-8(6-9)5-3-7;1-8-2-3-9-4-6-10-7-5-9/h7-16,21-22,25-28H,17-20H2,1-6H3;2-6H,1H3;1H,2-7H2/q;;+1. The third-order valence-corrected chi connectivity index (χ3v) is 13.3. The van der Waals surface area contributed by atoms with Gasteiger partial charge in [-0.15, -0.1) is 0 Å². The second-order valence-electron chi connectivity index (χ2n) is 13.2. The van der Waals surface area contributed by atoms with E-state index in [0.29, 0.717) is 11.1 Å². The highest BCUT2D eigenvalue weighted by Gasteiger charge is 2.48. The first-order valence-electron chi connectivity index (χ1n) is 18.1. The van der Waals surface area contributed by atoms with E-state index in [1.165, 1.54) is 16.7 Å². The number of carbonyl (C=O) groups excluding carboxylic acids is 1. The van der Waals surface area contributed by atoms with Crippen LogP contribution in [0.4, 0.5) is 0 Å². The molecule has 274 valence electrons. The van der Waals surface area contributed by atoms with Gasteiger partial charge in [-0.25, -0.2) is 0 Å². The minimum Gasteiger partial charge on any atom is -0.387 e. The van der Waals surface area contributed by atoms with Gasteiger partial charge < -0.3 is 24.2 Å². The smallest absolute Gasteiger partial charge is 0.344 e. The molecular weight excluding hydrogens is 641 g/mol. The lowest BCUT2D eigenvalue weighted by Gasteiger charge is -2.43. The van der Waals surface area contributed by atoms with Crippen LogP contribution in [0.1, 0.15) is 79.8 Å². The van der Waals surface area contributed by atoms with E-state index < -0.39 is 8.56 Å². The number of rotatable bonds is 17. The Morgan fingerprint density at radius 3 is 1.64 bits per heavy atom. The van der Waals surface area contributed by atoms with E-state index in [0.717, 1.165) is 77.2 Å². The Balaban J connectivity index is 0.000000366. The molecule has 3 aromatic rings. The van der Waals surface area contributed by atoms with Crippen molar-refractivity contribution < 1.29 is 18.4 Å². The number of aldehydes is 1. The number of carbonyl (C=O) groups is 1. The first-order chi connectivity index (χ1) is 24.2. The molecule has 1 saturated heterocycles. The lowest BCUT2D eigenvalue weighted by atomic mass is 10.1. The Kier molecular flexibility index (Phi) is 21.4. The molecule has 2 unspecified atom stereocenters. The topological polar surface area (TPSA) is 76.4 Å². The van der Waals surface area contributed by atoms with Crippen LogP contribution in [0.2, 0.25) is 11.1 Å². The molecule has 50 heavy (non-hydrogen) atoms. The maximum atomic E-state index is 10.1. The fraction of sp³-hybridized carbons (Fsp3) is 0.512. The van der Waals surface area contributed by atoms with Crippen LogP contribution >= 0.6 is 0 Å². The molecule has 1 heterocycles. The molecule has 1 fully saturated rings. The van der Waals surface area contributed by atoms with Crippen molar-refractivity contribution in [2.75, 3.05) is 66.6 Å². The molecule has 9 heteroatoms. The van der Waals surface area contributed by atoms with Crippen molar-refractivity contribution in [3.8, 4) is 6.57 Å². The van der Waals surface area contributed by atoms with E-state index in [9.17, 15) is 4.79 Å². The number of hydrogen-bond acceptors (Lipinski definition) is 7. The van der Waals surface area contributed by atoms with Gasteiger partial charge in [0.25, 0.3) is 13.1 Å². The quantitative estimate of drug-likeness (QED) is 0.109. The average molecular weight is 704 g/mol. The lowest BCUT2D eigenvalue weighted by Crippen LogP contribution is -2.50. The molecule has 0 bridgehead atoms. The van der Waals surface area contributed by atoms with Crippen molar-refractivity contribution in [3.05, 3.63) is 112 Å². The largest absolute Gasteiger partial charge is 0.387 e. The van der Waals surface area contributed by atoms with Gasteiger partial charge in [0.2, 0.25) is 0 Å². The Morgan fingerprint density at radius 2 is 1.26 bits per heavy atom. The fourth-order valence-corrected chi connectivity index (χ4v) is 9.70. The van der Waals surface area contributed by atoms with E-state index in [1.54, 1.807) is 0 Å². The van der Waals surface area contributed by atoms with Crippen molar-refractivity contribution in [3.63, 3.8) is 0 Å². The number of nitrogens with one attached hydrogen (secondary N) is 2. The van der Waals surface area contributed by atoms with E-state index >= 15 is 0 Å². The van der Waals surface area contributed by atoms with E-state index in [1.807, 2.05) is 45.3 Å². The highest BCUT2D eigenvalue weighted by atomic mass is 28.4. The van der Waals surface area contributed by atoms with Crippen LogP contribution in [0.3, 0.4) is 0 Å². The molecule has 0 aliphatic carbocycles. The lowest BCUT2D eigenvalue weighted by molar-refractivity contribution is 0.0402. The van der Waals surface area contributed by atoms with Crippen LogP contribution < -0.4 is 10.6 Å². The molecular formula is C41H63N4O4Si+. The van der Waals surface area contributed by atoms with Gasteiger partial charge in [0, 0.05) is 18.7 Å². The number of benzene rings is 3. The van der Waals surface area contributed by atoms with Gasteiger partial charge in [0.15, 0.2) is 0 Å². The summed E-state index contributed by atoms with van der Waals surface area (Å²) < 4.78 is 19.5. The van der Waals surface area contributed by atoms with Gasteiger partial charge in [-0.3, -0.25) is 9.69 Å². The molecule has 0 spiro atoms. The molecule has 0 saturated carbocycles. The Labute approximate surface area is 304 Å². The molecule has 2 atom stereocenters. The predicted molar refractivity (Wildman–Crippen MR) is 211 cm³/mol. The first-order valence-corrected chi connectivity index (χ1v) is 20.1. The van der Waals surface area contributed by atoms with Crippen LogP contribution in [-0.2, 0) is 13.6 Å². The Hall–Kier alpha value is -3.20. The summed E-state index contributed by atoms with van der Waals surface area (Å²) in [5, 5.41) is 6.59. The normalized spacial score (nSPS) is 14.5. The van der Waals surface area contributed by atoms with E-state index in [2.05, 4.69) is 109 Å². The predicted octanol–water partition coefficient (Wildman–Crippen LogP) is 8.07. The zero-order valence-electron chi connectivity index (χ0n) is 31.6. The van der Waals surface area contributed by atoms with Gasteiger partial charge in [-0.1, -0.05) is 123 Å². The maximum Gasteiger partial charge on any atom is 0.344 e. The minimum atomic E-state index is -2.60. The summed E-state index contributed by atoms with van der Waals surface area (Å²) in [5.41, 5.74) is 5.03. The summed E-state index contributed by atoms with van der Waals surface area (Å²) in [6.45, 7) is 23.4. The number of hydrogen-bond donors (Lipinski definition) is 2. The summed E-state index contributed by atoms with van der Waals surface area (Å²) in [6, 6.07) is 28.7. The Morgan fingerprint density at radius 1 is 0.800 bits per heavy atom. The first kappa shape index (κ1) is 43.0. The SMILES string of the molecule is C#[N+]CCN1CCOCC1.CNCCC(O[Si](OC(CCNC)c1ccccc1)(C(C)C)C(C)C)c1ccccc1.Cc1ccc(C=O)cc1. The summed E-state index contributed by atoms with van der Waals surface area (Å²) in [5.74, 6) is 0. The van der Waals surface area contributed by atoms with Crippen LogP contribution in [0.5, 0.6) is 0 Å². The van der Waals surface area contributed by atoms with Gasteiger partial charge in [-0.05, 0) is 69.2 Å². The molecule has 0 amide bonds. The molecule has 0 radical (unpaired) electrons. The molecule has 1 aliphatic heterocycles. The molecule has 4 rings (SSSR count). The number of aryl methyl sites for hydroxylation is 1. The Bertz CT molecular complexity index is 1270. The van der Waals surface area contributed by atoms with Crippen LogP contribution in [0.25, 0.3) is 4.85 Å². The highest BCUT2D eigenvalue weighted by molar-refractivity contribution is 6.70. The van der Waals surface area contributed by atoms with Crippen LogP contribution in [0, 0.1) is 13.5 Å². The average Bonchev–Trinajstić information content (AvgIpc) is 3.15. The number of ether oxygens (including phenoxy) is 1. The van der Waals surface area contributed by atoms with Crippen molar-refractivity contribution in [2.24, 2.45) is 0 Å². The maximum absolute atomic E-state index is 10.1. The number of nitrogens with zero attached hydrogens (tertiary/aromatic N) is 2. The van der Waals surface area contributed by atoms with Crippen molar-refractivity contribution in [2.45, 2.75) is 70.8 Å². The highest BCUT2D eigenvalue weighted by Crippen LogP contribution is 2.43. The third-order valence-electron chi connectivity index (χ3n) is 8.78. The molecule has 3 aromatic carbocycles. The molecule has 8 nitrogen and oxygen atoms in total. The molecule has 1 aliphatic rings. The van der Waals surface area contributed by atoms with Gasteiger partial charge in [0.1, 0.15) is 6.29 Å². The van der Waals surface area contributed by atoms with Crippen LogP contribution in [0.15, 0.2) is 84.9 Å². The van der Waals surface area contributed by atoms with Gasteiger partial charge >= 0.3 is 8.56 Å². The minimum absolute atomic E-state index is 0.0193. The third kappa shape index (κ3) is 15.4. The van der Waals surface area contributed by atoms with Crippen molar-refractivity contribution >= 4 is 14.8 Å². The number of morpholine rings is 1. The van der Waals surface area contributed by atoms with E-state index in [4.69, 9.17) is 20.2 Å². The summed E-state index contributed by atoms with van der Waals surface area (Å²) in [7, 11) is 1.40. The zero-order valence-corrected chi connectivity index (χ0v) is 32.6. The van der Waals surface area contributed by atoms with Crippen molar-refractivity contribution in [1.29, 1.82) is 0 Å². The molecule has 0 aromatic heterocycles. The summed E-state index contributed by atoms with van der Waals surface area (Å²) in [4.78, 5) is 16.0. The zero-order chi connectivity index (χ0) is 36.6. The summed E-state index contributed by atoms with van der Waals surface area (Å²) in [6.07, 6.45) is 2.73. The van der Waals surface area contributed by atoms with Gasteiger partial charge in [-0.2, -0.15) is 0 Å². The van der Waals surface area contributed by atoms with E-state index in [-0.39, 0.29) is 12.2 Å². The summed E-state index contributed by atoms with van der Waals surface area (Å²) >= 11 is 0. The second kappa shape index (κ2) is 24.9. The fourth-order valence-electron chi connectivity index (χ4n) is 5.83. The van der Waals surface area contributed by atoms with Gasteiger partial charge in [0.05, 0.1) is 32.0 Å². The second-order valence-corrected chi connectivity index (χ2v) is 17.5. The van der Waals surface area contributed by atoms with Crippen LogP contribution in [-0.4, -0.2) is 86.3 Å². The monoisotopic (exact) mass is 703 g/mol.